The highest BCUT2D eigenvalue weighted by Gasteiger charge is 2.21. The summed E-state index contributed by atoms with van der Waals surface area (Å²) < 4.78 is 9.17. The Labute approximate surface area is 153 Å². The topological polar surface area (TPSA) is 84.9 Å². The first-order chi connectivity index (χ1) is 12.4. The average molecular weight is 360 g/mol. The number of benzene rings is 1. The lowest BCUT2D eigenvalue weighted by Gasteiger charge is -2.30. The monoisotopic (exact) mass is 360 g/mol. The van der Waals surface area contributed by atoms with E-state index in [0.717, 1.165) is 32.0 Å². The van der Waals surface area contributed by atoms with Gasteiger partial charge in [0.05, 0.1) is 20.3 Å². The summed E-state index contributed by atoms with van der Waals surface area (Å²) in [7, 11) is 2.44. The van der Waals surface area contributed by atoms with E-state index in [-0.39, 0.29) is 11.6 Å². The second-order valence-corrected chi connectivity index (χ2v) is 6.25. The molecule has 0 spiro atoms. The molecule has 1 saturated heterocycles. The molecule has 0 radical (unpaired) electrons. The number of nitrogens with zero attached hydrogens (tertiary/aromatic N) is 1. The summed E-state index contributed by atoms with van der Waals surface area (Å²) >= 11 is 0. The molecule has 0 saturated carbocycles. The summed E-state index contributed by atoms with van der Waals surface area (Å²) in [6, 6.07) is 6.73. The highest BCUT2D eigenvalue weighted by Crippen LogP contribution is 2.19. The van der Waals surface area contributed by atoms with Gasteiger partial charge in [0.2, 0.25) is 0 Å². The quantitative estimate of drug-likeness (QED) is 0.640. The number of amides is 1. The van der Waals surface area contributed by atoms with E-state index in [2.05, 4.69) is 21.7 Å². The smallest absolute Gasteiger partial charge is 0.354 e. The van der Waals surface area contributed by atoms with Crippen LogP contribution in [0.4, 0.5) is 5.69 Å². The molecule has 140 valence electrons. The van der Waals surface area contributed by atoms with E-state index in [1.54, 1.807) is 24.3 Å². The lowest BCUT2D eigenvalue weighted by Crippen LogP contribution is -2.37. The van der Waals surface area contributed by atoms with Gasteiger partial charge in [-0.2, -0.15) is 0 Å². The lowest BCUT2D eigenvalue weighted by molar-refractivity contribution is -0.138. The van der Waals surface area contributed by atoms with E-state index in [0.29, 0.717) is 17.2 Å². The molecule has 1 aromatic carbocycles. The minimum absolute atomic E-state index is 0.00162. The second-order valence-electron chi connectivity index (χ2n) is 6.25. The fourth-order valence-electron chi connectivity index (χ4n) is 2.68. The van der Waals surface area contributed by atoms with E-state index in [9.17, 15) is 14.4 Å². The van der Waals surface area contributed by atoms with Gasteiger partial charge in [-0.15, -0.1) is 0 Å². The number of hydrogen-bond donors (Lipinski definition) is 1. The van der Waals surface area contributed by atoms with Crippen molar-refractivity contribution < 1.29 is 23.9 Å². The van der Waals surface area contributed by atoms with Gasteiger partial charge >= 0.3 is 11.9 Å². The van der Waals surface area contributed by atoms with Crippen molar-refractivity contribution in [3.63, 3.8) is 0 Å². The molecule has 0 aliphatic carbocycles. The fourth-order valence-corrected chi connectivity index (χ4v) is 2.68. The Morgan fingerprint density at radius 2 is 1.69 bits per heavy atom. The standard InChI is InChI=1S/C19H24N2O5/c1-13-8-10-21(11-9-13)18(23)14-4-6-15(7-5-14)20-16(19(24)26-3)12-17(22)25-2/h4-7,12-13,20H,8-11H2,1-3H3/b16-12+. The van der Waals surface area contributed by atoms with Crippen molar-refractivity contribution in [3.05, 3.63) is 41.6 Å². The highest BCUT2D eigenvalue weighted by atomic mass is 16.5. The van der Waals surface area contributed by atoms with E-state index in [4.69, 9.17) is 0 Å². The number of carbonyl (C=O) groups excluding carboxylic acids is 3. The predicted molar refractivity (Wildman–Crippen MR) is 96.5 cm³/mol. The fraction of sp³-hybridized carbons (Fsp3) is 0.421. The summed E-state index contributed by atoms with van der Waals surface area (Å²) in [5, 5.41) is 2.81. The van der Waals surface area contributed by atoms with Crippen LogP contribution in [-0.4, -0.2) is 50.1 Å². The first kappa shape index (κ1) is 19.5. The molecule has 7 nitrogen and oxygen atoms in total. The summed E-state index contributed by atoms with van der Waals surface area (Å²) in [6.07, 6.45) is 3.05. The van der Waals surface area contributed by atoms with E-state index < -0.39 is 11.9 Å². The van der Waals surface area contributed by atoms with Crippen LogP contribution in [0.1, 0.15) is 30.1 Å². The lowest BCUT2D eigenvalue weighted by atomic mass is 9.98. The molecule has 1 fully saturated rings. The molecule has 2 rings (SSSR count). The molecule has 1 amide bonds. The van der Waals surface area contributed by atoms with Gasteiger partial charge in [0, 0.05) is 24.3 Å². The first-order valence-electron chi connectivity index (χ1n) is 8.49. The molecule has 0 bridgehead atoms. The molecule has 0 aromatic heterocycles. The first-order valence-corrected chi connectivity index (χ1v) is 8.49. The number of methoxy groups -OCH3 is 2. The van der Waals surface area contributed by atoms with Crippen LogP contribution in [0.3, 0.4) is 0 Å². The second kappa shape index (κ2) is 9.03. The zero-order valence-electron chi connectivity index (χ0n) is 15.3. The van der Waals surface area contributed by atoms with Crippen molar-refractivity contribution in [1.29, 1.82) is 0 Å². The van der Waals surface area contributed by atoms with E-state index in [1.807, 2.05) is 4.90 Å². The van der Waals surface area contributed by atoms with E-state index in [1.165, 1.54) is 14.2 Å². The molecule has 0 atom stereocenters. The molecule has 1 aliphatic heterocycles. The van der Waals surface area contributed by atoms with Gasteiger partial charge in [-0.3, -0.25) is 4.79 Å². The Bertz CT molecular complexity index is 688. The van der Waals surface area contributed by atoms with Crippen LogP contribution in [0.15, 0.2) is 36.0 Å². The Kier molecular flexibility index (Phi) is 6.77. The van der Waals surface area contributed by atoms with Crippen LogP contribution in [0.5, 0.6) is 0 Å². The van der Waals surface area contributed by atoms with Crippen molar-refractivity contribution in [2.24, 2.45) is 5.92 Å². The van der Waals surface area contributed by atoms with Crippen molar-refractivity contribution in [3.8, 4) is 0 Å². The minimum atomic E-state index is -0.696. The third-order valence-corrected chi connectivity index (χ3v) is 4.35. The Morgan fingerprint density at radius 3 is 2.23 bits per heavy atom. The van der Waals surface area contributed by atoms with E-state index >= 15 is 0 Å². The summed E-state index contributed by atoms with van der Waals surface area (Å²) in [6.45, 7) is 3.74. The van der Waals surface area contributed by atoms with Gasteiger partial charge in [0.15, 0.2) is 0 Å². The Morgan fingerprint density at radius 1 is 1.08 bits per heavy atom. The number of nitrogens with one attached hydrogen (secondary N) is 1. The summed E-state index contributed by atoms with van der Waals surface area (Å²) in [4.78, 5) is 37.5. The average Bonchev–Trinajstić information content (AvgIpc) is 2.67. The van der Waals surface area contributed by atoms with Crippen LogP contribution in [0.2, 0.25) is 0 Å². The molecular formula is C19H24N2O5. The maximum absolute atomic E-state index is 12.5. The van der Waals surface area contributed by atoms with Crippen LogP contribution in [-0.2, 0) is 19.1 Å². The van der Waals surface area contributed by atoms with Crippen LogP contribution < -0.4 is 5.32 Å². The van der Waals surface area contributed by atoms with Crippen molar-refractivity contribution in [2.45, 2.75) is 19.8 Å². The molecule has 26 heavy (non-hydrogen) atoms. The summed E-state index contributed by atoms with van der Waals surface area (Å²) in [5.74, 6) is -0.715. The van der Waals surface area contributed by atoms with Gasteiger partial charge in [-0.25, -0.2) is 9.59 Å². The van der Waals surface area contributed by atoms with Crippen molar-refractivity contribution in [1.82, 2.24) is 4.90 Å². The Balaban J connectivity index is 2.08. The normalized spacial score (nSPS) is 15.3. The van der Waals surface area contributed by atoms with Gasteiger partial charge in [-0.05, 0) is 43.0 Å². The number of rotatable bonds is 5. The molecule has 0 unspecified atom stereocenters. The Hall–Kier alpha value is -2.83. The predicted octanol–water partition coefficient (Wildman–Crippen LogP) is 2.20. The van der Waals surface area contributed by atoms with Crippen molar-refractivity contribution in [2.75, 3.05) is 32.6 Å². The molecule has 7 heteroatoms. The zero-order chi connectivity index (χ0) is 19.1. The molecule has 1 aromatic rings. The zero-order valence-corrected chi connectivity index (χ0v) is 15.3. The number of esters is 2. The molecule has 1 aliphatic rings. The maximum atomic E-state index is 12.5. The third kappa shape index (κ3) is 5.08. The van der Waals surface area contributed by atoms with Crippen LogP contribution >= 0.6 is 0 Å². The molecule has 1 N–H and O–H groups in total. The highest BCUT2D eigenvalue weighted by molar-refractivity contribution is 5.99. The van der Waals surface area contributed by atoms with Gasteiger partial charge < -0.3 is 19.7 Å². The van der Waals surface area contributed by atoms with Crippen LogP contribution in [0, 0.1) is 5.92 Å². The SMILES string of the molecule is COC(=O)/C=C(/Nc1ccc(C(=O)N2CCC(C)CC2)cc1)C(=O)OC. The number of ether oxygens (including phenoxy) is 2. The molecule has 1 heterocycles. The summed E-state index contributed by atoms with van der Waals surface area (Å²) in [5.41, 5.74) is 1.08. The van der Waals surface area contributed by atoms with Gasteiger partial charge in [-0.1, -0.05) is 6.92 Å². The van der Waals surface area contributed by atoms with Crippen LogP contribution in [0.25, 0.3) is 0 Å². The largest absolute Gasteiger partial charge is 0.466 e. The number of likely N-dealkylation sites (tertiary alicyclic amines) is 1. The third-order valence-electron chi connectivity index (χ3n) is 4.35. The molecular weight excluding hydrogens is 336 g/mol. The number of anilines is 1. The van der Waals surface area contributed by atoms with Gasteiger partial charge in [0.25, 0.3) is 5.91 Å². The van der Waals surface area contributed by atoms with Gasteiger partial charge in [0.1, 0.15) is 5.70 Å². The number of piperidine rings is 1. The number of carbonyl (C=O) groups is 3. The van der Waals surface area contributed by atoms with Crippen molar-refractivity contribution >= 4 is 23.5 Å². The maximum Gasteiger partial charge on any atom is 0.354 e. The minimum Gasteiger partial charge on any atom is -0.466 e. The number of hydrogen-bond acceptors (Lipinski definition) is 6.